The first-order valence-corrected chi connectivity index (χ1v) is 6.09. The lowest BCUT2D eigenvalue weighted by molar-refractivity contribution is -0.134. The van der Waals surface area contributed by atoms with Crippen LogP contribution in [0.4, 0.5) is 0 Å². The molecule has 1 unspecified atom stereocenters. The fourth-order valence-corrected chi connectivity index (χ4v) is 1.87. The van der Waals surface area contributed by atoms with Crippen molar-refractivity contribution in [3.05, 3.63) is 35.4 Å². The highest BCUT2D eigenvalue weighted by Gasteiger charge is 2.19. The number of carbonyl (C=O) groups is 1. The largest absolute Gasteiger partial charge is 0.341 e. The fraction of sp³-hybridized carbons (Fsp3) is 0.500. The van der Waals surface area contributed by atoms with E-state index in [0.29, 0.717) is 13.1 Å². The SMILES string of the molecule is CCC(CN)C(=O)N(C)Cc1ccccc1C. The molecule has 1 aromatic rings. The molecule has 1 rings (SSSR count). The minimum atomic E-state index is -0.0518. The first-order chi connectivity index (χ1) is 8.10. The molecule has 1 atom stereocenters. The Labute approximate surface area is 104 Å². The fourth-order valence-electron chi connectivity index (χ4n) is 1.87. The molecule has 0 fully saturated rings. The van der Waals surface area contributed by atoms with Crippen LogP contribution in [-0.4, -0.2) is 24.4 Å². The minimum Gasteiger partial charge on any atom is -0.341 e. The van der Waals surface area contributed by atoms with Gasteiger partial charge < -0.3 is 10.6 Å². The molecule has 1 aromatic carbocycles. The van der Waals surface area contributed by atoms with Crippen LogP contribution in [0.3, 0.4) is 0 Å². The molecule has 94 valence electrons. The van der Waals surface area contributed by atoms with E-state index in [4.69, 9.17) is 5.73 Å². The van der Waals surface area contributed by atoms with Gasteiger partial charge in [-0.25, -0.2) is 0 Å². The molecule has 0 saturated carbocycles. The molecule has 0 aliphatic rings. The maximum Gasteiger partial charge on any atom is 0.226 e. The maximum atomic E-state index is 12.1. The Morgan fingerprint density at radius 1 is 1.41 bits per heavy atom. The van der Waals surface area contributed by atoms with Crippen molar-refractivity contribution in [1.29, 1.82) is 0 Å². The van der Waals surface area contributed by atoms with E-state index in [1.165, 1.54) is 11.1 Å². The summed E-state index contributed by atoms with van der Waals surface area (Å²) in [6.07, 6.45) is 0.799. The summed E-state index contributed by atoms with van der Waals surface area (Å²) in [6.45, 7) is 5.14. The quantitative estimate of drug-likeness (QED) is 0.846. The predicted molar refractivity (Wildman–Crippen MR) is 70.5 cm³/mol. The molecule has 0 aromatic heterocycles. The lowest BCUT2D eigenvalue weighted by Crippen LogP contribution is -2.36. The van der Waals surface area contributed by atoms with Crippen LogP contribution in [0.25, 0.3) is 0 Å². The van der Waals surface area contributed by atoms with Crippen molar-refractivity contribution >= 4 is 5.91 Å². The highest BCUT2D eigenvalue weighted by molar-refractivity contribution is 5.78. The molecule has 0 heterocycles. The van der Waals surface area contributed by atoms with E-state index in [1.54, 1.807) is 4.90 Å². The molecule has 1 amide bonds. The molecule has 2 N–H and O–H groups in total. The van der Waals surface area contributed by atoms with E-state index in [0.717, 1.165) is 6.42 Å². The zero-order chi connectivity index (χ0) is 12.8. The average Bonchev–Trinajstić information content (AvgIpc) is 2.33. The van der Waals surface area contributed by atoms with Crippen LogP contribution >= 0.6 is 0 Å². The van der Waals surface area contributed by atoms with Crippen LogP contribution in [0.15, 0.2) is 24.3 Å². The summed E-state index contributed by atoms with van der Waals surface area (Å²) in [5.41, 5.74) is 8.00. The monoisotopic (exact) mass is 234 g/mol. The van der Waals surface area contributed by atoms with E-state index in [-0.39, 0.29) is 11.8 Å². The van der Waals surface area contributed by atoms with Gasteiger partial charge in [-0.15, -0.1) is 0 Å². The molecule has 0 bridgehead atoms. The third-order valence-corrected chi connectivity index (χ3v) is 3.17. The van der Waals surface area contributed by atoms with Gasteiger partial charge in [-0.1, -0.05) is 31.2 Å². The topological polar surface area (TPSA) is 46.3 Å². The van der Waals surface area contributed by atoms with Crippen LogP contribution in [0.2, 0.25) is 0 Å². The molecule has 0 radical (unpaired) electrons. The van der Waals surface area contributed by atoms with Crippen molar-refractivity contribution in [2.24, 2.45) is 11.7 Å². The second-order valence-corrected chi connectivity index (χ2v) is 4.46. The summed E-state index contributed by atoms with van der Waals surface area (Å²) in [6, 6.07) is 8.13. The van der Waals surface area contributed by atoms with Crippen LogP contribution in [-0.2, 0) is 11.3 Å². The summed E-state index contributed by atoms with van der Waals surface area (Å²) in [5.74, 6) is 0.0854. The van der Waals surface area contributed by atoms with Gasteiger partial charge in [0.1, 0.15) is 0 Å². The number of nitrogens with zero attached hydrogens (tertiary/aromatic N) is 1. The van der Waals surface area contributed by atoms with Crippen LogP contribution in [0, 0.1) is 12.8 Å². The molecule has 0 spiro atoms. The zero-order valence-electron chi connectivity index (χ0n) is 10.9. The number of hydrogen-bond donors (Lipinski definition) is 1. The van der Waals surface area contributed by atoms with Crippen molar-refractivity contribution < 1.29 is 4.79 Å². The van der Waals surface area contributed by atoms with E-state index in [9.17, 15) is 4.79 Å². The average molecular weight is 234 g/mol. The molecule has 17 heavy (non-hydrogen) atoms. The molecular formula is C14H22N2O. The molecule has 0 saturated heterocycles. The number of hydrogen-bond acceptors (Lipinski definition) is 2. The second kappa shape index (κ2) is 6.40. The molecule has 0 aliphatic carbocycles. The van der Waals surface area contributed by atoms with Crippen LogP contribution in [0.5, 0.6) is 0 Å². The van der Waals surface area contributed by atoms with E-state index < -0.39 is 0 Å². The summed E-state index contributed by atoms with van der Waals surface area (Å²) in [4.78, 5) is 13.8. The molecule has 0 aliphatic heterocycles. The molecular weight excluding hydrogens is 212 g/mol. The Kier molecular flexibility index (Phi) is 5.16. The summed E-state index contributed by atoms with van der Waals surface area (Å²) >= 11 is 0. The standard InChI is InChI=1S/C14H22N2O/c1-4-12(9-15)14(17)16(3)10-13-8-6-5-7-11(13)2/h5-8,12H,4,9-10,15H2,1-3H3. The van der Waals surface area contributed by atoms with Gasteiger partial charge in [0.05, 0.1) is 5.92 Å². The number of rotatable bonds is 5. The van der Waals surface area contributed by atoms with Crippen molar-refractivity contribution in [1.82, 2.24) is 4.90 Å². The number of benzene rings is 1. The first kappa shape index (κ1) is 13.7. The van der Waals surface area contributed by atoms with Gasteiger partial charge in [-0.05, 0) is 24.5 Å². The summed E-state index contributed by atoms with van der Waals surface area (Å²) < 4.78 is 0. The van der Waals surface area contributed by atoms with E-state index in [1.807, 2.05) is 26.1 Å². The second-order valence-electron chi connectivity index (χ2n) is 4.46. The van der Waals surface area contributed by atoms with E-state index >= 15 is 0 Å². The maximum absolute atomic E-state index is 12.1. The Hall–Kier alpha value is -1.35. The molecule has 3 nitrogen and oxygen atoms in total. The van der Waals surface area contributed by atoms with Crippen LogP contribution < -0.4 is 5.73 Å². The lowest BCUT2D eigenvalue weighted by atomic mass is 10.0. The zero-order valence-corrected chi connectivity index (χ0v) is 10.9. The Morgan fingerprint density at radius 2 is 2.06 bits per heavy atom. The smallest absolute Gasteiger partial charge is 0.226 e. The van der Waals surface area contributed by atoms with Gasteiger partial charge in [0, 0.05) is 20.1 Å². The highest BCUT2D eigenvalue weighted by Crippen LogP contribution is 2.12. The number of nitrogens with two attached hydrogens (primary N) is 1. The Morgan fingerprint density at radius 3 is 2.59 bits per heavy atom. The van der Waals surface area contributed by atoms with Crippen molar-refractivity contribution in [3.8, 4) is 0 Å². The highest BCUT2D eigenvalue weighted by atomic mass is 16.2. The van der Waals surface area contributed by atoms with Gasteiger partial charge in [0.2, 0.25) is 5.91 Å². The van der Waals surface area contributed by atoms with Gasteiger partial charge in [-0.3, -0.25) is 4.79 Å². The van der Waals surface area contributed by atoms with Gasteiger partial charge >= 0.3 is 0 Å². The van der Waals surface area contributed by atoms with Crippen LogP contribution in [0.1, 0.15) is 24.5 Å². The predicted octanol–water partition coefficient (Wildman–Crippen LogP) is 1.94. The van der Waals surface area contributed by atoms with Gasteiger partial charge in [0.15, 0.2) is 0 Å². The van der Waals surface area contributed by atoms with Crippen molar-refractivity contribution in [2.75, 3.05) is 13.6 Å². The number of amides is 1. The number of aryl methyl sites for hydroxylation is 1. The van der Waals surface area contributed by atoms with Gasteiger partial charge in [0.25, 0.3) is 0 Å². The normalized spacial score (nSPS) is 12.2. The first-order valence-electron chi connectivity index (χ1n) is 6.09. The van der Waals surface area contributed by atoms with Crippen molar-refractivity contribution in [2.45, 2.75) is 26.8 Å². The molecule has 3 heteroatoms. The Bertz CT molecular complexity index is 372. The van der Waals surface area contributed by atoms with Gasteiger partial charge in [-0.2, -0.15) is 0 Å². The number of carbonyl (C=O) groups excluding carboxylic acids is 1. The van der Waals surface area contributed by atoms with E-state index in [2.05, 4.69) is 19.1 Å². The summed E-state index contributed by atoms with van der Waals surface area (Å²) in [5, 5.41) is 0. The third kappa shape index (κ3) is 3.56. The third-order valence-electron chi connectivity index (χ3n) is 3.17. The minimum absolute atomic E-state index is 0.0518. The summed E-state index contributed by atoms with van der Waals surface area (Å²) in [7, 11) is 1.84. The Balaban J connectivity index is 2.69. The lowest BCUT2D eigenvalue weighted by Gasteiger charge is -2.22. The van der Waals surface area contributed by atoms with Crippen molar-refractivity contribution in [3.63, 3.8) is 0 Å².